The summed E-state index contributed by atoms with van der Waals surface area (Å²) in [6, 6.07) is 14.1. The Morgan fingerprint density at radius 2 is 1.87 bits per heavy atom. The van der Waals surface area contributed by atoms with E-state index in [1.807, 2.05) is 12.1 Å². The molecule has 3 N–H and O–H groups in total. The Labute approximate surface area is 176 Å². The fraction of sp³-hybridized carbons (Fsp3) is 0.136. The van der Waals surface area contributed by atoms with Crippen molar-refractivity contribution in [3.8, 4) is 46.3 Å². The molecule has 31 heavy (non-hydrogen) atoms. The number of methoxy groups -OCH3 is 1. The number of nitrogens with one attached hydrogen (secondary N) is 1. The summed E-state index contributed by atoms with van der Waals surface area (Å²) in [6.45, 7) is 0.287. The van der Waals surface area contributed by atoms with Gasteiger partial charge >= 0.3 is 0 Å². The zero-order valence-corrected chi connectivity index (χ0v) is 16.4. The number of aromatic amines is 1. The number of nitrogens with two attached hydrogens (primary N) is 1. The van der Waals surface area contributed by atoms with Crippen LogP contribution in [-0.2, 0) is 6.61 Å². The van der Waals surface area contributed by atoms with E-state index in [9.17, 15) is 15.3 Å². The number of nitrogens with zero attached hydrogens (tertiary/aromatic N) is 2. The van der Waals surface area contributed by atoms with Gasteiger partial charge in [-0.1, -0.05) is 6.07 Å². The topological polar surface area (TPSA) is 143 Å². The molecule has 0 unspecified atom stereocenters. The number of hydrogen-bond donors (Lipinski definition) is 2. The van der Waals surface area contributed by atoms with Gasteiger partial charge in [0, 0.05) is 17.2 Å². The van der Waals surface area contributed by atoms with Gasteiger partial charge in [-0.3, -0.25) is 4.79 Å². The molecule has 154 valence electrons. The zero-order chi connectivity index (χ0) is 22.0. The van der Waals surface area contributed by atoms with Gasteiger partial charge in [-0.15, -0.1) is 0 Å². The minimum Gasteiger partial charge on any atom is -0.496 e. The lowest BCUT2D eigenvalue weighted by Crippen LogP contribution is -2.16. The van der Waals surface area contributed by atoms with Crippen molar-refractivity contribution in [1.82, 2.24) is 4.98 Å². The average Bonchev–Trinajstić information content (AvgIpc) is 3.25. The molecule has 0 bridgehead atoms. The third kappa shape index (κ3) is 3.56. The van der Waals surface area contributed by atoms with Crippen molar-refractivity contribution >= 4 is 5.82 Å². The summed E-state index contributed by atoms with van der Waals surface area (Å²) in [4.78, 5) is 14.5. The second-order valence-corrected chi connectivity index (χ2v) is 6.55. The van der Waals surface area contributed by atoms with Gasteiger partial charge < -0.3 is 29.7 Å². The molecule has 9 heteroatoms. The third-order valence-corrected chi connectivity index (χ3v) is 4.78. The van der Waals surface area contributed by atoms with Crippen LogP contribution in [0.2, 0.25) is 0 Å². The lowest BCUT2D eigenvalue weighted by Gasteiger charge is -2.14. The molecule has 0 fully saturated rings. The van der Waals surface area contributed by atoms with Gasteiger partial charge in [0.2, 0.25) is 6.79 Å². The van der Waals surface area contributed by atoms with Gasteiger partial charge in [0.25, 0.3) is 5.56 Å². The Balaban J connectivity index is 1.73. The number of aromatic nitrogens is 1. The summed E-state index contributed by atoms with van der Waals surface area (Å²) >= 11 is 0. The molecule has 1 aromatic heterocycles. The van der Waals surface area contributed by atoms with E-state index in [1.54, 1.807) is 36.4 Å². The first kappa shape index (κ1) is 19.7. The molecule has 3 aromatic rings. The number of H-pyrrole nitrogens is 1. The normalized spacial score (nSPS) is 11.5. The van der Waals surface area contributed by atoms with Crippen LogP contribution in [0, 0.1) is 22.7 Å². The maximum Gasteiger partial charge on any atom is 0.268 e. The van der Waals surface area contributed by atoms with Crippen molar-refractivity contribution < 1.29 is 18.9 Å². The van der Waals surface area contributed by atoms with E-state index in [0.717, 1.165) is 0 Å². The van der Waals surface area contributed by atoms with Gasteiger partial charge in [-0.05, 0) is 29.8 Å². The number of benzene rings is 2. The van der Waals surface area contributed by atoms with Crippen LogP contribution in [0.1, 0.15) is 16.7 Å². The SMILES string of the molecule is COc1ccc(-c2c(C#N)c(N)[nH]c(=O)c2C#N)cc1COc1ccc2c(c1)OCO2. The van der Waals surface area contributed by atoms with Gasteiger partial charge in [-0.2, -0.15) is 10.5 Å². The first-order valence-electron chi connectivity index (χ1n) is 9.11. The van der Waals surface area contributed by atoms with Crippen LogP contribution in [0.4, 0.5) is 5.82 Å². The average molecular weight is 416 g/mol. The molecule has 0 amide bonds. The molecule has 0 saturated heterocycles. The van der Waals surface area contributed by atoms with Crippen LogP contribution in [0.15, 0.2) is 41.2 Å². The fourth-order valence-electron chi connectivity index (χ4n) is 3.31. The van der Waals surface area contributed by atoms with E-state index in [1.165, 1.54) is 7.11 Å². The molecule has 0 saturated carbocycles. The van der Waals surface area contributed by atoms with Crippen LogP contribution >= 0.6 is 0 Å². The molecule has 0 aliphatic carbocycles. The monoisotopic (exact) mass is 416 g/mol. The van der Waals surface area contributed by atoms with Crippen molar-refractivity contribution in [2.24, 2.45) is 0 Å². The Kier molecular flexibility index (Phi) is 5.08. The standard InChI is InChI=1S/C22H16N4O5/c1-28-17-4-2-12(20-15(8-23)21(25)26-22(27)16(20)9-24)6-13(17)10-29-14-3-5-18-19(7-14)31-11-30-18/h2-7H,10-11H2,1H3,(H3,25,26,27). The first-order chi connectivity index (χ1) is 15.0. The second-order valence-electron chi connectivity index (χ2n) is 6.55. The predicted molar refractivity (Wildman–Crippen MR) is 110 cm³/mol. The van der Waals surface area contributed by atoms with Crippen molar-refractivity contribution in [2.45, 2.75) is 6.61 Å². The molecule has 1 aliphatic rings. The van der Waals surface area contributed by atoms with Gasteiger partial charge in [-0.25, -0.2) is 0 Å². The number of pyridine rings is 1. The minimum absolute atomic E-state index is 0.0176. The maximum absolute atomic E-state index is 12.2. The third-order valence-electron chi connectivity index (χ3n) is 4.78. The lowest BCUT2D eigenvalue weighted by atomic mass is 9.95. The lowest BCUT2D eigenvalue weighted by molar-refractivity contribution is 0.173. The molecule has 0 radical (unpaired) electrons. The highest BCUT2D eigenvalue weighted by molar-refractivity contribution is 5.80. The Morgan fingerprint density at radius 1 is 1.10 bits per heavy atom. The summed E-state index contributed by atoms with van der Waals surface area (Å²) in [5.41, 5.74) is 6.24. The van der Waals surface area contributed by atoms with Crippen molar-refractivity contribution in [3.63, 3.8) is 0 Å². The minimum atomic E-state index is -0.664. The highest BCUT2D eigenvalue weighted by Crippen LogP contribution is 2.36. The molecule has 4 rings (SSSR count). The highest BCUT2D eigenvalue weighted by atomic mass is 16.7. The van der Waals surface area contributed by atoms with Crippen molar-refractivity contribution in [3.05, 3.63) is 63.4 Å². The number of rotatable bonds is 5. The number of nitrogen functional groups attached to an aromatic ring is 1. The van der Waals surface area contributed by atoms with Crippen LogP contribution in [0.5, 0.6) is 23.0 Å². The second kappa shape index (κ2) is 8.01. The zero-order valence-electron chi connectivity index (χ0n) is 16.4. The van der Waals surface area contributed by atoms with E-state index in [2.05, 4.69) is 4.98 Å². The van der Waals surface area contributed by atoms with E-state index < -0.39 is 5.56 Å². The van der Waals surface area contributed by atoms with Crippen LogP contribution < -0.4 is 30.2 Å². The summed E-state index contributed by atoms with van der Waals surface area (Å²) in [6.07, 6.45) is 0. The first-order valence-corrected chi connectivity index (χ1v) is 9.11. The maximum atomic E-state index is 12.2. The summed E-state index contributed by atoms with van der Waals surface area (Å²) < 4.78 is 21.9. The Bertz CT molecular complexity index is 1320. The molecule has 2 aromatic carbocycles. The molecular weight excluding hydrogens is 400 g/mol. The number of anilines is 1. The molecule has 0 spiro atoms. The smallest absolute Gasteiger partial charge is 0.268 e. The van der Waals surface area contributed by atoms with Crippen LogP contribution in [0.25, 0.3) is 11.1 Å². The Hall–Kier alpha value is -4.63. The summed E-state index contributed by atoms with van der Waals surface area (Å²) in [7, 11) is 1.52. The number of ether oxygens (including phenoxy) is 4. The fourth-order valence-corrected chi connectivity index (χ4v) is 3.31. The van der Waals surface area contributed by atoms with Crippen molar-refractivity contribution in [1.29, 1.82) is 10.5 Å². The summed E-state index contributed by atoms with van der Waals surface area (Å²) in [5, 5.41) is 19.0. The largest absolute Gasteiger partial charge is 0.496 e. The number of nitriles is 2. The molecule has 0 atom stereocenters. The molecule has 1 aliphatic heterocycles. The highest BCUT2D eigenvalue weighted by Gasteiger charge is 2.20. The quantitative estimate of drug-likeness (QED) is 0.646. The molecular formula is C22H16N4O5. The van der Waals surface area contributed by atoms with E-state index in [-0.39, 0.29) is 35.9 Å². The van der Waals surface area contributed by atoms with Crippen LogP contribution in [-0.4, -0.2) is 18.9 Å². The molecule has 9 nitrogen and oxygen atoms in total. The van der Waals surface area contributed by atoms with E-state index in [4.69, 9.17) is 24.7 Å². The number of hydrogen-bond acceptors (Lipinski definition) is 8. The van der Waals surface area contributed by atoms with E-state index >= 15 is 0 Å². The van der Waals surface area contributed by atoms with Gasteiger partial charge in [0.05, 0.1) is 7.11 Å². The van der Waals surface area contributed by atoms with Gasteiger partial charge in [0.15, 0.2) is 11.5 Å². The van der Waals surface area contributed by atoms with E-state index in [0.29, 0.717) is 34.1 Å². The molecule has 2 heterocycles. The Morgan fingerprint density at radius 3 is 2.61 bits per heavy atom. The van der Waals surface area contributed by atoms with Crippen molar-refractivity contribution in [2.75, 3.05) is 19.6 Å². The number of fused-ring (bicyclic) bond motifs is 1. The summed E-state index contributed by atoms with van der Waals surface area (Å²) in [5.74, 6) is 2.24. The van der Waals surface area contributed by atoms with Crippen LogP contribution in [0.3, 0.4) is 0 Å². The van der Waals surface area contributed by atoms with Gasteiger partial charge in [0.1, 0.15) is 47.2 Å². The predicted octanol–water partition coefficient (Wildman–Crippen LogP) is 2.68.